The maximum atomic E-state index is 12.7. The van der Waals surface area contributed by atoms with Gasteiger partial charge in [0.2, 0.25) is 0 Å². The minimum absolute atomic E-state index is 0.106. The van der Waals surface area contributed by atoms with Crippen LogP contribution in [0, 0.1) is 6.92 Å². The summed E-state index contributed by atoms with van der Waals surface area (Å²) < 4.78 is 7.29. The summed E-state index contributed by atoms with van der Waals surface area (Å²) in [5, 5.41) is 11.0. The summed E-state index contributed by atoms with van der Waals surface area (Å²) in [6.07, 6.45) is 1.79. The number of ether oxygens (including phenoxy) is 1. The maximum absolute atomic E-state index is 12.7. The van der Waals surface area contributed by atoms with E-state index in [1.54, 1.807) is 10.9 Å². The van der Waals surface area contributed by atoms with Crippen LogP contribution < -0.4 is 10.1 Å². The van der Waals surface area contributed by atoms with E-state index in [0.717, 1.165) is 23.5 Å². The van der Waals surface area contributed by atoms with Crippen molar-refractivity contribution in [1.29, 1.82) is 0 Å². The number of pyridine rings is 1. The highest BCUT2D eigenvalue weighted by molar-refractivity contribution is 6.03. The number of benzene rings is 1. The van der Waals surface area contributed by atoms with Crippen LogP contribution in [0.5, 0.6) is 5.75 Å². The predicted octanol–water partition coefficient (Wildman–Crippen LogP) is 3.07. The van der Waals surface area contributed by atoms with Gasteiger partial charge in [-0.1, -0.05) is 5.21 Å². The molecule has 0 saturated heterocycles. The molecular formula is C21H26N6O2. The van der Waals surface area contributed by atoms with E-state index in [2.05, 4.69) is 20.6 Å². The van der Waals surface area contributed by atoms with Gasteiger partial charge >= 0.3 is 0 Å². The van der Waals surface area contributed by atoms with Gasteiger partial charge in [-0.05, 0) is 76.8 Å². The van der Waals surface area contributed by atoms with E-state index in [1.807, 2.05) is 76.2 Å². The quantitative estimate of drug-likeness (QED) is 0.663. The normalized spacial score (nSPS) is 11.1. The second kappa shape index (κ2) is 8.83. The lowest BCUT2D eigenvalue weighted by Crippen LogP contribution is -2.16. The number of hydrogen-bond acceptors (Lipinski definition) is 6. The van der Waals surface area contributed by atoms with Crippen LogP contribution in [0.3, 0.4) is 0 Å². The van der Waals surface area contributed by atoms with E-state index in [0.29, 0.717) is 11.5 Å². The lowest BCUT2D eigenvalue weighted by atomic mass is 10.2. The Morgan fingerprint density at radius 3 is 2.59 bits per heavy atom. The number of carbonyl (C=O) groups is 1. The van der Waals surface area contributed by atoms with Crippen molar-refractivity contribution in [3.8, 4) is 11.4 Å². The average Bonchev–Trinajstić information content (AvgIpc) is 3.03. The lowest BCUT2D eigenvalue weighted by Gasteiger charge is -2.11. The van der Waals surface area contributed by atoms with Gasteiger partial charge < -0.3 is 15.0 Å². The fourth-order valence-electron chi connectivity index (χ4n) is 2.90. The van der Waals surface area contributed by atoms with E-state index in [-0.39, 0.29) is 17.7 Å². The van der Waals surface area contributed by atoms with Crippen molar-refractivity contribution in [3.63, 3.8) is 0 Å². The van der Waals surface area contributed by atoms with Gasteiger partial charge in [0.15, 0.2) is 5.69 Å². The van der Waals surface area contributed by atoms with Crippen molar-refractivity contribution in [2.24, 2.45) is 0 Å². The van der Waals surface area contributed by atoms with Crippen LogP contribution in [0.4, 0.5) is 5.82 Å². The van der Waals surface area contributed by atoms with E-state index >= 15 is 0 Å². The average molecular weight is 394 g/mol. The third kappa shape index (κ3) is 5.17. The zero-order chi connectivity index (χ0) is 21.0. The predicted molar refractivity (Wildman–Crippen MR) is 111 cm³/mol. The van der Waals surface area contributed by atoms with Crippen LogP contribution >= 0.6 is 0 Å². The number of anilines is 1. The molecule has 0 radical (unpaired) electrons. The molecule has 0 saturated carbocycles. The molecule has 0 atom stereocenters. The van der Waals surface area contributed by atoms with Crippen LogP contribution in [0.1, 0.15) is 35.6 Å². The molecule has 8 heteroatoms. The monoisotopic (exact) mass is 394 g/mol. The SMILES string of the molecule is Cc1c(C(=O)Nc2cc(CN(C)C)ccn2)nnn1-c1ccc(OC(C)C)cc1. The third-order valence-corrected chi connectivity index (χ3v) is 4.13. The third-order valence-electron chi connectivity index (χ3n) is 4.13. The van der Waals surface area contributed by atoms with Crippen molar-refractivity contribution in [2.75, 3.05) is 19.4 Å². The molecule has 2 aromatic heterocycles. The number of amides is 1. The van der Waals surface area contributed by atoms with E-state index < -0.39 is 0 Å². The summed E-state index contributed by atoms with van der Waals surface area (Å²) in [5.41, 5.74) is 2.76. The number of nitrogens with one attached hydrogen (secondary N) is 1. The first-order valence-corrected chi connectivity index (χ1v) is 9.44. The molecule has 1 aromatic carbocycles. The summed E-state index contributed by atoms with van der Waals surface area (Å²) in [6.45, 7) is 6.53. The molecule has 0 bridgehead atoms. The topological polar surface area (TPSA) is 85.2 Å². The van der Waals surface area contributed by atoms with Gasteiger partial charge in [0, 0.05) is 12.7 Å². The standard InChI is InChI=1S/C21H26N6O2/c1-14(2)29-18-8-6-17(7-9-18)27-15(3)20(24-25-27)21(28)23-19-12-16(10-11-22-19)13-26(4)5/h6-12,14H,13H2,1-5H3,(H,22,23,28). The van der Waals surface area contributed by atoms with Gasteiger partial charge in [0.1, 0.15) is 11.6 Å². The van der Waals surface area contributed by atoms with Crippen molar-refractivity contribution in [1.82, 2.24) is 24.9 Å². The molecular weight excluding hydrogens is 368 g/mol. The van der Waals surface area contributed by atoms with Gasteiger partial charge in [0.05, 0.1) is 17.5 Å². The van der Waals surface area contributed by atoms with Gasteiger partial charge in [-0.2, -0.15) is 0 Å². The molecule has 0 aliphatic carbocycles. The molecule has 0 unspecified atom stereocenters. The first-order valence-electron chi connectivity index (χ1n) is 9.44. The largest absolute Gasteiger partial charge is 0.491 e. The van der Waals surface area contributed by atoms with Crippen LogP contribution in [-0.4, -0.2) is 51.0 Å². The summed E-state index contributed by atoms with van der Waals surface area (Å²) in [6, 6.07) is 11.3. The molecule has 0 spiro atoms. The number of nitrogens with zero attached hydrogens (tertiary/aromatic N) is 5. The van der Waals surface area contributed by atoms with E-state index in [1.165, 1.54) is 0 Å². The van der Waals surface area contributed by atoms with Crippen LogP contribution in [-0.2, 0) is 6.54 Å². The summed E-state index contributed by atoms with van der Waals surface area (Å²) in [7, 11) is 3.98. The Morgan fingerprint density at radius 2 is 1.93 bits per heavy atom. The number of aromatic nitrogens is 4. The minimum atomic E-state index is -0.344. The lowest BCUT2D eigenvalue weighted by molar-refractivity contribution is 0.102. The highest BCUT2D eigenvalue weighted by Crippen LogP contribution is 2.19. The zero-order valence-corrected chi connectivity index (χ0v) is 17.4. The highest BCUT2D eigenvalue weighted by atomic mass is 16.5. The minimum Gasteiger partial charge on any atom is -0.491 e. The first kappa shape index (κ1) is 20.5. The van der Waals surface area contributed by atoms with Crippen molar-refractivity contribution >= 4 is 11.7 Å². The van der Waals surface area contributed by atoms with E-state index in [4.69, 9.17) is 4.74 Å². The second-order valence-corrected chi connectivity index (χ2v) is 7.34. The fraction of sp³-hybridized carbons (Fsp3) is 0.333. The van der Waals surface area contributed by atoms with Gasteiger partial charge in [0.25, 0.3) is 5.91 Å². The molecule has 29 heavy (non-hydrogen) atoms. The number of rotatable bonds is 7. The zero-order valence-electron chi connectivity index (χ0n) is 17.4. The van der Waals surface area contributed by atoms with Gasteiger partial charge in [-0.15, -0.1) is 5.10 Å². The Morgan fingerprint density at radius 1 is 1.21 bits per heavy atom. The second-order valence-electron chi connectivity index (χ2n) is 7.34. The first-order chi connectivity index (χ1) is 13.8. The van der Waals surface area contributed by atoms with Crippen molar-refractivity contribution in [2.45, 2.75) is 33.4 Å². The Labute approximate surface area is 170 Å². The summed E-state index contributed by atoms with van der Waals surface area (Å²) >= 11 is 0. The van der Waals surface area contributed by atoms with Crippen LogP contribution in [0.2, 0.25) is 0 Å². The van der Waals surface area contributed by atoms with Crippen molar-refractivity contribution in [3.05, 3.63) is 59.5 Å². The molecule has 0 aliphatic heterocycles. The smallest absolute Gasteiger partial charge is 0.279 e. The number of hydrogen-bond donors (Lipinski definition) is 1. The number of carbonyl (C=O) groups excluding carboxylic acids is 1. The Balaban J connectivity index is 1.76. The molecule has 8 nitrogen and oxygen atoms in total. The van der Waals surface area contributed by atoms with Crippen LogP contribution in [0.15, 0.2) is 42.6 Å². The van der Waals surface area contributed by atoms with E-state index in [9.17, 15) is 4.79 Å². The molecule has 1 N–H and O–H groups in total. The summed E-state index contributed by atoms with van der Waals surface area (Å²) in [5.74, 6) is 0.921. The molecule has 152 valence electrons. The fourth-order valence-corrected chi connectivity index (χ4v) is 2.90. The van der Waals surface area contributed by atoms with Gasteiger partial charge in [-0.3, -0.25) is 4.79 Å². The molecule has 0 aliphatic rings. The molecule has 3 rings (SSSR count). The Hall–Kier alpha value is -3.26. The highest BCUT2D eigenvalue weighted by Gasteiger charge is 2.18. The molecule has 1 amide bonds. The molecule has 3 aromatic rings. The summed E-state index contributed by atoms with van der Waals surface area (Å²) in [4.78, 5) is 19.0. The molecule has 2 heterocycles. The van der Waals surface area contributed by atoms with Crippen LogP contribution in [0.25, 0.3) is 5.69 Å². The Bertz CT molecular complexity index is 979. The maximum Gasteiger partial charge on any atom is 0.279 e. The van der Waals surface area contributed by atoms with Gasteiger partial charge in [-0.25, -0.2) is 9.67 Å². The Kier molecular flexibility index (Phi) is 6.23. The van der Waals surface area contributed by atoms with Crippen molar-refractivity contribution < 1.29 is 9.53 Å². The molecule has 0 fully saturated rings.